The summed E-state index contributed by atoms with van der Waals surface area (Å²) in [5, 5.41) is 3.60. The van der Waals surface area contributed by atoms with Gasteiger partial charge in [0.05, 0.1) is 5.54 Å². The van der Waals surface area contributed by atoms with Gasteiger partial charge in [-0.2, -0.15) is 0 Å². The zero-order chi connectivity index (χ0) is 10.3. The lowest BCUT2D eigenvalue weighted by atomic mass is 9.85. The standard InChI is InChI=1S/C10H12ClFN2.ClH/c1-6-2-8(11)7(3-9(6)12)10(13)4-14-5-10;/h2-3,14H,4-5,13H2,1H3;1H. The number of aryl methyl sites for hydroxylation is 1. The Hall–Kier alpha value is -0.350. The van der Waals surface area contributed by atoms with Gasteiger partial charge in [-0.05, 0) is 30.2 Å². The first-order valence-corrected chi connectivity index (χ1v) is 4.86. The molecule has 0 atom stereocenters. The number of rotatable bonds is 1. The molecule has 0 bridgehead atoms. The molecular formula is C10H13Cl2FN2. The number of benzene rings is 1. The highest BCUT2D eigenvalue weighted by Crippen LogP contribution is 2.31. The summed E-state index contributed by atoms with van der Waals surface area (Å²) >= 11 is 6.02. The summed E-state index contributed by atoms with van der Waals surface area (Å²) in [6.45, 7) is 2.98. The molecule has 0 aromatic heterocycles. The zero-order valence-corrected chi connectivity index (χ0v) is 9.88. The van der Waals surface area contributed by atoms with Gasteiger partial charge in [-0.25, -0.2) is 4.39 Å². The number of nitrogens with two attached hydrogens (primary N) is 1. The van der Waals surface area contributed by atoms with Crippen LogP contribution < -0.4 is 11.1 Å². The second-order valence-corrected chi connectivity index (χ2v) is 4.25. The molecule has 1 aliphatic rings. The van der Waals surface area contributed by atoms with Crippen molar-refractivity contribution >= 4 is 24.0 Å². The van der Waals surface area contributed by atoms with E-state index in [0.29, 0.717) is 29.2 Å². The van der Waals surface area contributed by atoms with E-state index in [9.17, 15) is 4.39 Å². The second-order valence-electron chi connectivity index (χ2n) is 3.84. The Morgan fingerprint density at radius 2 is 2.07 bits per heavy atom. The summed E-state index contributed by atoms with van der Waals surface area (Å²) in [5.74, 6) is -0.249. The van der Waals surface area contributed by atoms with E-state index in [4.69, 9.17) is 17.3 Å². The quantitative estimate of drug-likeness (QED) is 0.800. The molecule has 1 fully saturated rings. The van der Waals surface area contributed by atoms with Crippen molar-refractivity contribution in [2.24, 2.45) is 5.73 Å². The minimum atomic E-state index is -0.494. The number of nitrogens with one attached hydrogen (secondary N) is 1. The molecule has 0 aliphatic carbocycles. The van der Waals surface area contributed by atoms with E-state index in [1.54, 1.807) is 13.0 Å². The van der Waals surface area contributed by atoms with E-state index in [-0.39, 0.29) is 18.2 Å². The van der Waals surface area contributed by atoms with Gasteiger partial charge in [-0.1, -0.05) is 11.6 Å². The topological polar surface area (TPSA) is 38.0 Å². The molecular weight excluding hydrogens is 238 g/mol. The molecule has 0 radical (unpaired) electrons. The molecule has 0 saturated carbocycles. The third-order valence-corrected chi connectivity index (χ3v) is 2.98. The maximum absolute atomic E-state index is 13.3. The SMILES string of the molecule is Cc1cc(Cl)c(C2(N)CNC2)cc1F.Cl. The molecule has 15 heavy (non-hydrogen) atoms. The van der Waals surface area contributed by atoms with E-state index in [1.807, 2.05) is 0 Å². The normalized spacial score (nSPS) is 17.9. The molecule has 2 rings (SSSR count). The van der Waals surface area contributed by atoms with E-state index >= 15 is 0 Å². The lowest BCUT2D eigenvalue weighted by Crippen LogP contribution is -2.62. The summed E-state index contributed by atoms with van der Waals surface area (Å²) in [6.07, 6.45) is 0. The smallest absolute Gasteiger partial charge is 0.126 e. The van der Waals surface area contributed by atoms with Gasteiger partial charge in [0.25, 0.3) is 0 Å². The highest BCUT2D eigenvalue weighted by Gasteiger charge is 2.36. The van der Waals surface area contributed by atoms with Crippen LogP contribution in [0.15, 0.2) is 12.1 Å². The highest BCUT2D eigenvalue weighted by atomic mass is 35.5. The van der Waals surface area contributed by atoms with Crippen molar-refractivity contribution in [1.29, 1.82) is 0 Å². The minimum absolute atomic E-state index is 0. The summed E-state index contributed by atoms with van der Waals surface area (Å²) < 4.78 is 13.3. The van der Waals surface area contributed by atoms with E-state index < -0.39 is 5.54 Å². The van der Waals surface area contributed by atoms with Gasteiger partial charge in [0, 0.05) is 18.1 Å². The van der Waals surface area contributed by atoms with Crippen molar-refractivity contribution in [2.75, 3.05) is 13.1 Å². The molecule has 0 unspecified atom stereocenters. The van der Waals surface area contributed by atoms with Crippen LogP contribution in [0.25, 0.3) is 0 Å². The lowest BCUT2D eigenvalue weighted by molar-refractivity contribution is 0.286. The molecule has 1 aromatic carbocycles. The fourth-order valence-electron chi connectivity index (χ4n) is 1.61. The first-order valence-electron chi connectivity index (χ1n) is 4.49. The first kappa shape index (κ1) is 12.7. The maximum atomic E-state index is 13.3. The first-order chi connectivity index (χ1) is 6.53. The summed E-state index contributed by atoms with van der Waals surface area (Å²) in [5.41, 5.74) is 6.78. The molecule has 2 nitrogen and oxygen atoms in total. The van der Waals surface area contributed by atoms with Gasteiger partial charge in [0.15, 0.2) is 0 Å². The molecule has 0 spiro atoms. The van der Waals surface area contributed by atoms with Crippen LogP contribution in [-0.4, -0.2) is 13.1 Å². The van der Waals surface area contributed by atoms with Crippen molar-refractivity contribution < 1.29 is 4.39 Å². The van der Waals surface area contributed by atoms with E-state index in [0.717, 1.165) is 0 Å². The van der Waals surface area contributed by atoms with Crippen LogP contribution in [0.4, 0.5) is 4.39 Å². The van der Waals surface area contributed by atoms with Crippen LogP contribution in [0.3, 0.4) is 0 Å². The molecule has 3 N–H and O–H groups in total. The summed E-state index contributed by atoms with van der Waals surface area (Å²) in [4.78, 5) is 0. The summed E-state index contributed by atoms with van der Waals surface area (Å²) in [6, 6.07) is 3.07. The number of hydrogen-bond acceptors (Lipinski definition) is 2. The van der Waals surface area contributed by atoms with Crippen LogP contribution >= 0.6 is 24.0 Å². The fourth-order valence-corrected chi connectivity index (χ4v) is 2.02. The van der Waals surface area contributed by atoms with Crippen LogP contribution in [0.1, 0.15) is 11.1 Å². The number of hydrogen-bond donors (Lipinski definition) is 2. The van der Waals surface area contributed by atoms with Gasteiger partial charge < -0.3 is 11.1 Å². The molecule has 84 valence electrons. The monoisotopic (exact) mass is 250 g/mol. The molecule has 1 heterocycles. The van der Waals surface area contributed by atoms with Gasteiger partial charge in [-0.3, -0.25) is 0 Å². The predicted molar refractivity (Wildman–Crippen MR) is 62.1 cm³/mol. The Labute approximate surface area is 99.4 Å². The molecule has 1 saturated heterocycles. The highest BCUT2D eigenvalue weighted by molar-refractivity contribution is 6.31. The van der Waals surface area contributed by atoms with Gasteiger partial charge in [-0.15, -0.1) is 12.4 Å². The van der Waals surface area contributed by atoms with Gasteiger partial charge >= 0.3 is 0 Å². The molecule has 0 amide bonds. The maximum Gasteiger partial charge on any atom is 0.126 e. The van der Waals surface area contributed by atoms with E-state index in [2.05, 4.69) is 5.32 Å². The van der Waals surface area contributed by atoms with Crippen LogP contribution in [-0.2, 0) is 5.54 Å². The van der Waals surface area contributed by atoms with Gasteiger partial charge in [0.1, 0.15) is 5.82 Å². The Bertz CT molecular complexity index is 378. The Morgan fingerprint density at radius 1 is 1.47 bits per heavy atom. The number of halogens is 3. The Morgan fingerprint density at radius 3 is 2.53 bits per heavy atom. The second kappa shape index (κ2) is 4.26. The van der Waals surface area contributed by atoms with Gasteiger partial charge in [0.2, 0.25) is 0 Å². The average Bonchev–Trinajstić information content (AvgIpc) is 2.07. The van der Waals surface area contributed by atoms with Crippen molar-refractivity contribution in [3.05, 3.63) is 34.1 Å². The Kier molecular flexibility index (Phi) is 3.61. The summed E-state index contributed by atoms with van der Waals surface area (Å²) in [7, 11) is 0. The molecule has 1 aliphatic heterocycles. The van der Waals surface area contributed by atoms with Crippen molar-refractivity contribution in [3.8, 4) is 0 Å². The Balaban J connectivity index is 0.00000112. The molecule has 1 aromatic rings. The lowest BCUT2D eigenvalue weighted by Gasteiger charge is -2.40. The van der Waals surface area contributed by atoms with Crippen molar-refractivity contribution in [3.63, 3.8) is 0 Å². The minimum Gasteiger partial charge on any atom is -0.319 e. The average molecular weight is 251 g/mol. The van der Waals surface area contributed by atoms with Crippen molar-refractivity contribution in [2.45, 2.75) is 12.5 Å². The third kappa shape index (κ3) is 2.11. The largest absolute Gasteiger partial charge is 0.319 e. The third-order valence-electron chi connectivity index (χ3n) is 2.67. The van der Waals surface area contributed by atoms with Crippen LogP contribution in [0.5, 0.6) is 0 Å². The fraction of sp³-hybridized carbons (Fsp3) is 0.400. The zero-order valence-electron chi connectivity index (χ0n) is 8.31. The van der Waals surface area contributed by atoms with Crippen LogP contribution in [0, 0.1) is 12.7 Å². The predicted octanol–water partition coefficient (Wildman–Crippen LogP) is 1.97. The van der Waals surface area contributed by atoms with Crippen molar-refractivity contribution in [1.82, 2.24) is 5.32 Å². The van der Waals surface area contributed by atoms with E-state index in [1.165, 1.54) is 6.07 Å². The molecule has 5 heteroatoms. The van der Waals surface area contributed by atoms with Crippen LogP contribution in [0.2, 0.25) is 5.02 Å².